The second kappa shape index (κ2) is 6.62. The van der Waals surface area contributed by atoms with Gasteiger partial charge in [-0.2, -0.15) is 0 Å². The molecule has 0 spiro atoms. The third kappa shape index (κ3) is 3.87. The van der Waals surface area contributed by atoms with Gasteiger partial charge in [0.25, 0.3) is 0 Å². The molecule has 1 saturated carbocycles. The molecule has 0 heterocycles. The Kier molecular flexibility index (Phi) is 4.85. The number of nitrogens with one attached hydrogen (secondary N) is 1. The molecule has 1 fully saturated rings. The summed E-state index contributed by atoms with van der Waals surface area (Å²) in [5, 5.41) is 10.9. The Labute approximate surface area is 118 Å². The Hall–Kier alpha value is -1.74. The van der Waals surface area contributed by atoms with Crippen LogP contribution in [-0.4, -0.2) is 36.4 Å². The molecule has 0 aliphatic heterocycles. The summed E-state index contributed by atoms with van der Waals surface area (Å²) >= 11 is 0. The lowest BCUT2D eigenvalue weighted by molar-refractivity contribution is -0.138. The van der Waals surface area contributed by atoms with Crippen molar-refractivity contribution in [3.05, 3.63) is 0 Å². The number of carboxylic acids is 1. The van der Waals surface area contributed by atoms with Crippen LogP contribution in [0.15, 0.2) is 0 Å². The van der Waals surface area contributed by atoms with Gasteiger partial charge in [0.1, 0.15) is 6.04 Å². The van der Waals surface area contributed by atoms with Gasteiger partial charge in [0.05, 0.1) is 6.61 Å². The SMILES string of the molecule is NC(CNC(=O)OC[C@@H]1[C@@H]2CCC#CCC[C@@H]21)C(=O)O. The fraction of sp³-hybridized carbons (Fsp3) is 0.714. The van der Waals surface area contributed by atoms with Gasteiger partial charge in [0.2, 0.25) is 0 Å². The average molecular weight is 280 g/mol. The molecule has 110 valence electrons. The Balaban J connectivity index is 1.64. The van der Waals surface area contributed by atoms with Crippen LogP contribution in [-0.2, 0) is 9.53 Å². The van der Waals surface area contributed by atoms with E-state index in [0.717, 1.165) is 25.7 Å². The molecule has 0 aromatic carbocycles. The molecule has 0 bridgehead atoms. The van der Waals surface area contributed by atoms with Crippen molar-refractivity contribution in [2.24, 2.45) is 23.5 Å². The highest BCUT2D eigenvalue weighted by molar-refractivity contribution is 5.75. The second-order valence-corrected chi connectivity index (χ2v) is 5.35. The number of alkyl carbamates (subject to hydrolysis) is 1. The molecule has 4 atom stereocenters. The molecule has 20 heavy (non-hydrogen) atoms. The first-order valence-corrected chi connectivity index (χ1v) is 6.94. The fourth-order valence-electron chi connectivity index (χ4n) is 2.79. The topological polar surface area (TPSA) is 102 Å². The van der Waals surface area contributed by atoms with E-state index in [1.807, 2.05) is 0 Å². The first-order valence-electron chi connectivity index (χ1n) is 6.94. The molecule has 1 amide bonds. The number of nitrogens with two attached hydrogens (primary N) is 1. The number of carbonyl (C=O) groups is 2. The predicted molar refractivity (Wildman–Crippen MR) is 71.7 cm³/mol. The number of fused-ring (bicyclic) bond motifs is 1. The van der Waals surface area contributed by atoms with Crippen LogP contribution in [0, 0.1) is 29.6 Å². The molecule has 2 aliphatic rings. The van der Waals surface area contributed by atoms with Crippen LogP contribution in [0.3, 0.4) is 0 Å². The third-order valence-electron chi connectivity index (χ3n) is 4.03. The summed E-state index contributed by atoms with van der Waals surface area (Å²) in [6.45, 7) is 0.267. The first kappa shape index (κ1) is 14.7. The van der Waals surface area contributed by atoms with Crippen LogP contribution in [0.1, 0.15) is 25.7 Å². The van der Waals surface area contributed by atoms with E-state index in [9.17, 15) is 9.59 Å². The van der Waals surface area contributed by atoms with Gasteiger partial charge in [0, 0.05) is 19.4 Å². The van der Waals surface area contributed by atoms with Crippen molar-refractivity contribution in [3.8, 4) is 11.8 Å². The zero-order chi connectivity index (χ0) is 14.5. The molecule has 0 saturated heterocycles. The molecular formula is C14H20N2O4. The lowest BCUT2D eigenvalue weighted by atomic mass is 10.1. The minimum absolute atomic E-state index is 0.125. The summed E-state index contributed by atoms with van der Waals surface area (Å²) in [4.78, 5) is 21.9. The van der Waals surface area contributed by atoms with Gasteiger partial charge >= 0.3 is 12.1 Å². The molecule has 0 aromatic rings. The van der Waals surface area contributed by atoms with E-state index in [2.05, 4.69) is 17.2 Å². The number of ether oxygens (including phenoxy) is 1. The van der Waals surface area contributed by atoms with E-state index in [1.54, 1.807) is 0 Å². The molecule has 4 N–H and O–H groups in total. The van der Waals surface area contributed by atoms with Gasteiger partial charge in [-0.05, 0) is 30.6 Å². The van der Waals surface area contributed by atoms with Gasteiger partial charge in [-0.25, -0.2) is 4.79 Å². The molecule has 2 aliphatic carbocycles. The minimum Gasteiger partial charge on any atom is -0.480 e. The molecule has 6 heteroatoms. The Morgan fingerprint density at radius 3 is 2.45 bits per heavy atom. The van der Waals surface area contributed by atoms with Gasteiger partial charge in [-0.15, -0.1) is 11.8 Å². The van der Waals surface area contributed by atoms with Crippen molar-refractivity contribution < 1.29 is 19.4 Å². The summed E-state index contributed by atoms with van der Waals surface area (Å²) in [5.41, 5.74) is 5.28. The van der Waals surface area contributed by atoms with E-state index in [-0.39, 0.29) is 6.54 Å². The monoisotopic (exact) mass is 280 g/mol. The largest absolute Gasteiger partial charge is 0.480 e. The third-order valence-corrected chi connectivity index (χ3v) is 4.03. The van der Waals surface area contributed by atoms with Crippen molar-refractivity contribution in [1.29, 1.82) is 0 Å². The van der Waals surface area contributed by atoms with Crippen molar-refractivity contribution in [2.75, 3.05) is 13.2 Å². The van der Waals surface area contributed by atoms with Crippen LogP contribution in [0.4, 0.5) is 4.79 Å². The lowest BCUT2D eigenvalue weighted by Crippen LogP contribution is -2.42. The zero-order valence-corrected chi connectivity index (χ0v) is 11.3. The first-order chi connectivity index (χ1) is 9.59. The highest BCUT2D eigenvalue weighted by atomic mass is 16.5. The number of aliphatic carboxylic acids is 1. The summed E-state index contributed by atoms with van der Waals surface area (Å²) in [5.74, 6) is 6.79. The van der Waals surface area contributed by atoms with Crippen LogP contribution in [0.2, 0.25) is 0 Å². The van der Waals surface area contributed by atoms with Crippen LogP contribution in [0.25, 0.3) is 0 Å². The number of amides is 1. The normalized spacial score (nSPS) is 28.8. The van der Waals surface area contributed by atoms with Crippen molar-refractivity contribution in [1.82, 2.24) is 5.32 Å². The van der Waals surface area contributed by atoms with Crippen molar-refractivity contribution in [3.63, 3.8) is 0 Å². The quantitative estimate of drug-likeness (QED) is 0.639. The number of rotatable bonds is 5. The van der Waals surface area contributed by atoms with Crippen LogP contribution < -0.4 is 11.1 Å². The Bertz CT molecular complexity index is 422. The molecule has 2 rings (SSSR count). The van der Waals surface area contributed by atoms with Crippen molar-refractivity contribution in [2.45, 2.75) is 31.7 Å². The second-order valence-electron chi connectivity index (χ2n) is 5.35. The fourth-order valence-corrected chi connectivity index (χ4v) is 2.79. The number of carbonyl (C=O) groups excluding carboxylic acids is 1. The van der Waals surface area contributed by atoms with Crippen molar-refractivity contribution >= 4 is 12.1 Å². The van der Waals surface area contributed by atoms with E-state index in [0.29, 0.717) is 24.4 Å². The lowest BCUT2D eigenvalue weighted by Gasteiger charge is -2.09. The Morgan fingerprint density at radius 2 is 1.90 bits per heavy atom. The van der Waals surface area contributed by atoms with Gasteiger partial charge in [0.15, 0.2) is 0 Å². The van der Waals surface area contributed by atoms with E-state index < -0.39 is 18.1 Å². The molecule has 1 unspecified atom stereocenters. The molecule has 0 radical (unpaired) electrons. The Morgan fingerprint density at radius 1 is 1.30 bits per heavy atom. The zero-order valence-electron chi connectivity index (χ0n) is 11.3. The van der Waals surface area contributed by atoms with Crippen LogP contribution >= 0.6 is 0 Å². The molecule has 6 nitrogen and oxygen atoms in total. The molecule has 0 aromatic heterocycles. The summed E-state index contributed by atoms with van der Waals surface area (Å²) in [6.07, 6.45) is 3.42. The standard InChI is InChI=1S/C14H20N2O4/c15-12(13(17)18)7-16-14(19)20-8-11-9-5-3-1-2-4-6-10(9)11/h9-12H,3-8,15H2,(H,16,19)(H,17,18)/t9-,10+,11-,12?. The van der Waals surface area contributed by atoms with E-state index >= 15 is 0 Å². The average Bonchev–Trinajstić information content (AvgIpc) is 3.03. The number of carboxylic acid groups (broad SMARTS) is 1. The maximum absolute atomic E-state index is 11.4. The smallest absolute Gasteiger partial charge is 0.407 e. The number of hydrogen-bond donors (Lipinski definition) is 3. The molecular weight excluding hydrogens is 260 g/mol. The number of hydrogen-bond acceptors (Lipinski definition) is 4. The highest BCUT2D eigenvalue weighted by Gasteiger charge is 2.49. The summed E-state index contributed by atoms with van der Waals surface area (Å²) in [6, 6.07) is -1.10. The predicted octanol–water partition coefficient (Wildman–Crippen LogP) is 0.564. The highest BCUT2D eigenvalue weighted by Crippen LogP contribution is 2.52. The van der Waals surface area contributed by atoms with E-state index in [1.165, 1.54) is 0 Å². The minimum atomic E-state index is -1.15. The van der Waals surface area contributed by atoms with Gasteiger partial charge in [-0.1, -0.05) is 0 Å². The maximum Gasteiger partial charge on any atom is 0.407 e. The van der Waals surface area contributed by atoms with E-state index in [4.69, 9.17) is 15.6 Å². The van der Waals surface area contributed by atoms with Gasteiger partial charge < -0.3 is 20.9 Å². The van der Waals surface area contributed by atoms with Gasteiger partial charge in [-0.3, -0.25) is 4.79 Å². The summed E-state index contributed by atoms with van der Waals surface area (Å²) < 4.78 is 5.13. The van der Waals surface area contributed by atoms with Crippen LogP contribution in [0.5, 0.6) is 0 Å². The summed E-state index contributed by atoms with van der Waals surface area (Å²) in [7, 11) is 0. The maximum atomic E-state index is 11.4.